The second-order valence-electron chi connectivity index (χ2n) is 5.75. The van der Waals surface area contributed by atoms with E-state index in [0.717, 1.165) is 44.5 Å². The summed E-state index contributed by atoms with van der Waals surface area (Å²) in [5.74, 6) is -0.176. The van der Waals surface area contributed by atoms with E-state index < -0.39 is 0 Å². The van der Waals surface area contributed by atoms with Crippen molar-refractivity contribution in [2.45, 2.75) is 37.8 Å². The second-order valence-corrected chi connectivity index (χ2v) is 5.75. The van der Waals surface area contributed by atoms with Gasteiger partial charge in [-0.15, -0.1) is 0 Å². The molecule has 2 fully saturated rings. The number of nitrogens with zero attached hydrogens (tertiary/aromatic N) is 1. The smallest absolute Gasteiger partial charge is 0.249 e. The van der Waals surface area contributed by atoms with Gasteiger partial charge < -0.3 is 15.0 Å². The van der Waals surface area contributed by atoms with Crippen LogP contribution in [0.5, 0.6) is 0 Å². The molecule has 3 rings (SSSR count). The first kappa shape index (κ1) is 14.3. The van der Waals surface area contributed by atoms with E-state index in [9.17, 15) is 9.18 Å². The first-order chi connectivity index (χ1) is 10.2. The van der Waals surface area contributed by atoms with Crippen LogP contribution in [0, 0.1) is 5.82 Å². The van der Waals surface area contributed by atoms with Gasteiger partial charge in [-0.1, -0.05) is 0 Å². The number of rotatable bonds is 3. The van der Waals surface area contributed by atoms with Gasteiger partial charge in [0.25, 0.3) is 0 Å². The van der Waals surface area contributed by atoms with E-state index in [1.165, 1.54) is 12.1 Å². The van der Waals surface area contributed by atoms with Crippen LogP contribution < -0.4 is 10.2 Å². The van der Waals surface area contributed by atoms with Crippen LogP contribution in [0.25, 0.3) is 0 Å². The second kappa shape index (κ2) is 6.43. The predicted octanol–water partition coefficient (Wildman–Crippen LogP) is 2.09. The van der Waals surface area contributed by atoms with E-state index >= 15 is 0 Å². The Morgan fingerprint density at radius 1 is 1.19 bits per heavy atom. The standard InChI is InChI=1S/C16H21FN2O2/c17-12-3-5-14(6-4-12)19-9-7-13(8-10-19)18-16(20)15-2-1-11-21-15/h3-6,13,15H,1-2,7-11H2,(H,18,20)/t15-/m1/s1. The van der Waals surface area contributed by atoms with E-state index in [1.807, 2.05) is 0 Å². The van der Waals surface area contributed by atoms with Crippen LogP contribution in [-0.4, -0.2) is 37.7 Å². The molecule has 2 aliphatic rings. The Labute approximate surface area is 124 Å². The number of piperidine rings is 1. The highest BCUT2D eigenvalue weighted by Crippen LogP contribution is 2.21. The fraction of sp³-hybridized carbons (Fsp3) is 0.562. The summed E-state index contributed by atoms with van der Waals surface area (Å²) in [6.45, 7) is 2.45. The van der Waals surface area contributed by atoms with E-state index in [2.05, 4.69) is 10.2 Å². The lowest BCUT2D eigenvalue weighted by atomic mass is 10.0. The number of amides is 1. The Morgan fingerprint density at radius 2 is 1.90 bits per heavy atom. The van der Waals surface area contributed by atoms with Crippen LogP contribution in [0.4, 0.5) is 10.1 Å². The van der Waals surface area contributed by atoms with Crippen molar-refractivity contribution in [3.8, 4) is 0 Å². The van der Waals surface area contributed by atoms with Crippen LogP contribution in [0.2, 0.25) is 0 Å². The third-order valence-electron chi connectivity index (χ3n) is 4.26. The van der Waals surface area contributed by atoms with Crippen LogP contribution in [0.3, 0.4) is 0 Å². The van der Waals surface area contributed by atoms with E-state index in [1.54, 1.807) is 12.1 Å². The highest BCUT2D eigenvalue weighted by molar-refractivity contribution is 5.81. The number of halogens is 1. The minimum Gasteiger partial charge on any atom is -0.371 e. The summed E-state index contributed by atoms with van der Waals surface area (Å²) < 4.78 is 18.3. The van der Waals surface area contributed by atoms with Gasteiger partial charge in [-0.05, 0) is 49.9 Å². The number of carbonyl (C=O) groups is 1. The lowest BCUT2D eigenvalue weighted by Crippen LogP contribution is -2.47. The Balaban J connectivity index is 1.48. The largest absolute Gasteiger partial charge is 0.371 e. The van der Waals surface area contributed by atoms with Crippen molar-refractivity contribution in [3.05, 3.63) is 30.1 Å². The van der Waals surface area contributed by atoms with Crippen molar-refractivity contribution in [2.75, 3.05) is 24.6 Å². The SMILES string of the molecule is O=C(NC1CCN(c2ccc(F)cc2)CC1)[C@H]1CCCO1. The van der Waals surface area contributed by atoms with Crippen LogP contribution in [-0.2, 0) is 9.53 Å². The minimum atomic E-state index is -0.250. The molecule has 0 bridgehead atoms. The molecule has 0 saturated carbocycles. The quantitative estimate of drug-likeness (QED) is 0.927. The number of hydrogen-bond donors (Lipinski definition) is 1. The molecule has 0 unspecified atom stereocenters. The molecule has 21 heavy (non-hydrogen) atoms. The van der Waals surface area contributed by atoms with Crippen molar-refractivity contribution < 1.29 is 13.9 Å². The number of benzene rings is 1. The molecular weight excluding hydrogens is 271 g/mol. The van der Waals surface area contributed by atoms with Crippen LogP contribution >= 0.6 is 0 Å². The normalized spacial score (nSPS) is 23.3. The summed E-state index contributed by atoms with van der Waals surface area (Å²) in [6, 6.07) is 6.81. The first-order valence-electron chi connectivity index (χ1n) is 7.65. The van der Waals surface area contributed by atoms with Gasteiger partial charge >= 0.3 is 0 Å². The van der Waals surface area contributed by atoms with Crippen molar-refractivity contribution in [1.82, 2.24) is 5.32 Å². The predicted molar refractivity (Wildman–Crippen MR) is 78.8 cm³/mol. The first-order valence-corrected chi connectivity index (χ1v) is 7.65. The highest BCUT2D eigenvalue weighted by Gasteiger charge is 2.27. The van der Waals surface area contributed by atoms with Gasteiger partial charge in [-0.2, -0.15) is 0 Å². The van der Waals surface area contributed by atoms with Crippen LogP contribution in [0.1, 0.15) is 25.7 Å². The fourth-order valence-corrected chi connectivity index (χ4v) is 3.01. The molecule has 4 nitrogen and oxygen atoms in total. The molecule has 114 valence electrons. The highest BCUT2D eigenvalue weighted by atomic mass is 19.1. The number of carbonyl (C=O) groups excluding carboxylic acids is 1. The van der Waals surface area contributed by atoms with Gasteiger partial charge in [0.15, 0.2) is 0 Å². The molecule has 5 heteroatoms. The topological polar surface area (TPSA) is 41.6 Å². The van der Waals surface area contributed by atoms with Crippen LogP contribution in [0.15, 0.2) is 24.3 Å². The Hall–Kier alpha value is -1.62. The summed E-state index contributed by atoms with van der Waals surface area (Å²) in [7, 11) is 0. The van der Waals surface area contributed by atoms with E-state index in [0.29, 0.717) is 6.61 Å². The molecule has 2 saturated heterocycles. The zero-order chi connectivity index (χ0) is 14.7. The van der Waals surface area contributed by atoms with E-state index in [-0.39, 0.29) is 23.9 Å². The maximum absolute atomic E-state index is 12.9. The molecule has 2 aliphatic heterocycles. The Bertz CT molecular complexity index is 478. The summed E-state index contributed by atoms with van der Waals surface area (Å²) in [5, 5.41) is 3.09. The van der Waals surface area contributed by atoms with Crippen molar-refractivity contribution in [2.24, 2.45) is 0 Å². The molecule has 1 atom stereocenters. The number of anilines is 1. The molecule has 0 aliphatic carbocycles. The monoisotopic (exact) mass is 292 g/mol. The zero-order valence-electron chi connectivity index (χ0n) is 12.1. The van der Waals surface area contributed by atoms with Gasteiger partial charge in [-0.3, -0.25) is 4.79 Å². The van der Waals surface area contributed by atoms with Gasteiger partial charge in [0, 0.05) is 31.4 Å². The zero-order valence-corrected chi connectivity index (χ0v) is 12.1. The average Bonchev–Trinajstić information content (AvgIpc) is 3.03. The van der Waals surface area contributed by atoms with Gasteiger partial charge in [-0.25, -0.2) is 4.39 Å². The fourth-order valence-electron chi connectivity index (χ4n) is 3.01. The molecule has 0 spiro atoms. The maximum atomic E-state index is 12.9. The van der Waals surface area contributed by atoms with Gasteiger partial charge in [0.1, 0.15) is 11.9 Å². The molecule has 2 heterocycles. The molecule has 1 aromatic carbocycles. The van der Waals surface area contributed by atoms with Gasteiger partial charge in [0.05, 0.1) is 0 Å². The molecule has 0 radical (unpaired) electrons. The third kappa shape index (κ3) is 3.53. The van der Waals surface area contributed by atoms with Crippen molar-refractivity contribution in [3.63, 3.8) is 0 Å². The number of ether oxygens (including phenoxy) is 1. The van der Waals surface area contributed by atoms with Gasteiger partial charge in [0.2, 0.25) is 5.91 Å². The molecule has 1 N–H and O–H groups in total. The number of hydrogen-bond acceptors (Lipinski definition) is 3. The van der Waals surface area contributed by atoms with Crippen molar-refractivity contribution in [1.29, 1.82) is 0 Å². The number of nitrogens with one attached hydrogen (secondary N) is 1. The minimum absolute atomic E-state index is 0.0349. The summed E-state index contributed by atoms with van der Waals surface area (Å²) >= 11 is 0. The Kier molecular flexibility index (Phi) is 4.39. The summed E-state index contributed by atoms with van der Waals surface area (Å²) in [6.07, 6.45) is 3.38. The van der Waals surface area contributed by atoms with Crippen molar-refractivity contribution >= 4 is 11.6 Å². The lowest BCUT2D eigenvalue weighted by molar-refractivity contribution is -0.130. The average molecular weight is 292 g/mol. The van der Waals surface area contributed by atoms with E-state index in [4.69, 9.17) is 4.74 Å². The lowest BCUT2D eigenvalue weighted by Gasteiger charge is -2.34. The summed E-state index contributed by atoms with van der Waals surface area (Å²) in [5.41, 5.74) is 1.04. The third-order valence-corrected chi connectivity index (χ3v) is 4.26. The maximum Gasteiger partial charge on any atom is 0.249 e. The molecular formula is C16H21FN2O2. The molecule has 1 aromatic rings. The summed E-state index contributed by atoms with van der Waals surface area (Å²) in [4.78, 5) is 14.2. The molecule has 1 amide bonds. The molecule has 0 aromatic heterocycles. The Morgan fingerprint density at radius 3 is 2.52 bits per heavy atom.